The molecular formula is C18H24O3. The van der Waals surface area contributed by atoms with E-state index in [1.54, 1.807) is 7.11 Å². The van der Waals surface area contributed by atoms with Gasteiger partial charge in [-0.15, -0.1) is 0 Å². The van der Waals surface area contributed by atoms with E-state index < -0.39 is 6.10 Å². The summed E-state index contributed by atoms with van der Waals surface area (Å²) in [7, 11) is 1.67. The fraction of sp³-hybridized carbons (Fsp3) is 0.556. The first kappa shape index (κ1) is 14.5. The van der Waals surface area contributed by atoms with E-state index in [1.807, 2.05) is 12.1 Å². The highest BCUT2D eigenvalue weighted by Crippen LogP contribution is 2.40. The molecule has 3 rings (SSSR count). The van der Waals surface area contributed by atoms with Crippen LogP contribution in [0.1, 0.15) is 56.3 Å². The molecule has 0 saturated carbocycles. The molecule has 1 aromatic rings. The molecule has 2 unspecified atom stereocenters. The van der Waals surface area contributed by atoms with E-state index in [1.165, 1.54) is 18.4 Å². The molecule has 1 aromatic carbocycles. The van der Waals surface area contributed by atoms with E-state index in [9.17, 15) is 5.11 Å². The molecule has 0 aromatic heterocycles. The molecule has 0 fully saturated rings. The van der Waals surface area contributed by atoms with Crippen molar-refractivity contribution in [2.45, 2.75) is 57.7 Å². The molecule has 1 aliphatic carbocycles. The van der Waals surface area contributed by atoms with Gasteiger partial charge in [0.05, 0.1) is 7.11 Å². The van der Waals surface area contributed by atoms with Crippen molar-refractivity contribution < 1.29 is 14.6 Å². The van der Waals surface area contributed by atoms with Gasteiger partial charge >= 0.3 is 0 Å². The lowest BCUT2D eigenvalue weighted by molar-refractivity contribution is 0.204. The largest absolute Gasteiger partial charge is 0.496 e. The van der Waals surface area contributed by atoms with Crippen molar-refractivity contribution in [3.63, 3.8) is 0 Å². The second-order valence-corrected chi connectivity index (χ2v) is 6.12. The average Bonchev–Trinajstić information content (AvgIpc) is 2.68. The molecule has 0 amide bonds. The number of benzene rings is 1. The Bertz CT molecular complexity index is 548. The molecule has 21 heavy (non-hydrogen) atoms. The summed E-state index contributed by atoms with van der Waals surface area (Å²) in [6.07, 6.45) is 8.39. The Balaban J connectivity index is 1.93. The van der Waals surface area contributed by atoms with Gasteiger partial charge in [0.25, 0.3) is 0 Å². The summed E-state index contributed by atoms with van der Waals surface area (Å²) in [6, 6.07) is 3.99. The van der Waals surface area contributed by atoms with Gasteiger partial charge in [0.2, 0.25) is 0 Å². The molecule has 1 heterocycles. The van der Waals surface area contributed by atoms with Gasteiger partial charge < -0.3 is 14.6 Å². The maximum Gasteiger partial charge on any atom is 0.125 e. The number of hydrogen-bond acceptors (Lipinski definition) is 3. The summed E-state index contributed by atoms with van der Waals surface area (Å²) >= 11 is 0. The fourth-order valence-corrected chi connectivity index (χ4v) is 3.33. The number of allylic oxidation sites excluding steroid dienone is 1. The third-order valence-corrected chi connectivity index (χ3v) is 4.47. The molecule has 1 N–H and O–H groups in total. The SMILES string of the molecule is COc1cc2c(cc1C(O)C1=CCCCCC1)OC(C)C2. The zero-order valence-corrected chi connectivity index (χ0v) is 12.9. The second-order valence-electron chi connectivity index (χ2n) is 6.12. The number of hydrogen-bond donors (Lipinski definition) is 1. The van der Waals surface area contributed by atoms with E-state index in [0.29, 0.717) is 0 Å². The topological polar surface area (TPSA) is 38.7 Å². The lowest BCUT2D eigenvalue weighted by Gasteiger charge is -2.19. The number of aliphatic hydroxyl groups excluding tert-OH is 1. The first-order valence-corrected chi connectivity index (χ1v) is 7.93. The van der Waals surface area contributed by atoms with Gasteiger partial charge in [-0.1, -0.05) is 12.5 Å². The minimum absolute atomic E-state index is 0.203. The molecular weight excluding hydrogens is 264 g/mol. The summed E-state index contributed by atoms with van der Waals surface area (Å²) in [5.74, 6) is 1.66. The summed E-state index contributed by atoms with van der Waals surface area (Å²) in [5.41, 5.74) is 3.13. The van der Waals surface area contributed by atoms with Crippen LogP contribution in [0.5, 0.6) is 11.5 Å². The van der Waals surface area contributed by atoms with Crippen molar-refractivity contribution in [2.24, 2.45) is 0 Å². The van der Waals surface area contributed by atoms with Crippen molar-refractivity contribution in [2.75, 3.05) is 7.11 Å². The Kier molecular flexibility index (Phi) is 4.20. The monoisotopic (exact) mass is 288 g/mol. The lowest BCUT2D eigenvalue weighted by Crippen LogP contribution is -2.06. The van der Waals surface area contributed by atoms with Gasteiger partial charge in [0.1, 0.15) is 23.7 Å². The molecule has 1 aliphatic heterocycles. The molecule has 3 nitrogen and oxygen atoms in total. The maximum absolute atomic E-state index is 10.8. The molecule has 114 valence electrons. The number of ether oxygens (including phenoxy) is 2. The quantitative estimate of drug-likeness (QED) is 0.856. The van der Waals surface area contributed by atoms with Gasteiger partial charge in [0, 0.05) is 17.5 Å². The van der Waals surface area contributed by atoms with Crippen LogP contribution in [0, 0.1) is 0 Å². The zero-order chi connectivity index (χ0) is 14.8. The fourth-order valence-electron chi connectivity index (χ4n) is 3.33. The lowest BCUT2D eigenvalue weighted by atomic mass is 9.95. The zero-order valence-electron chi connectivity index (χ0n) is 12.9. The molecule has 0 bridgehead atoms. The number of methoxy groups -OCH3 is 1. The van der Waals surface area contributed by atoms with Crippen molar-refractivity contribution in [1.29, 1.82) is 0 Å². The van der Waals surface area contributed by atoms with Gasteiger partial charge in [-0.05, 0) is 50.3 Å². The summed E-state index contributed by atoms with van der Waals surface area (Å²) in [4.78, 5) is 0. The van der Waals surface area contributed by atoms with E-state index >= 15 is 0 Å². The Labute approximate surface area is 126 Å². The van der Waals surface area contributed by atoms with Gasteiger partial charge in [-0.25, -0.2) is 0 Å². The standard InChI is InChI=1S/C18H24O3/c1-12-9-14-10-17(20-2)15(11-16(14)21-12)18(19)13-7-5-3-4-6-8-13/h7,10-12,18-19H,3-6,8-9H2,1-2H3. The van der Waals surface area contributed by atoms with Crippen molar-refractivity contribution >= 4 is 0 Å². The van der Waals surface area contributed by atoms with Crippen LogP contribution < -0.4 is 9.47 Å². The molecule has 2 aliphatic rings. The third kappa shape index (κ3) is 2.93. The Morgan fingerprint density at radius 1 is 1.29 bits per heavy atom. The van der Waals surface area contributed by atoms with Crippen LogP contribution in [0.2, 0.25) is 0 Å². The minimum atomic E-state index is -0.581. The molecule has 0 radical (unpaired) electrons. The first-order chi connectivity index (χ1) is 10.2. The van der Waals surface area contributed by atoms with Crippen LogP contribution in [0.3, 0.4) is 0 Å². The Morgan fingerprint density at radius 2 is 2.14 bits per heavy atom. The predicted octanol–water partition coefficient (Wildman–Crippen LogP) is 3.94. The van der Waals surface area contributed by atoms with Gasteiger partial charge in [0.15, 0.2) is 0 Å². The minimum Gasteiger partial charge on any atom is -0.496 e. The van der Waals surface area contributed by atoms with Crippen molar-refractivity contribution in [1.82, 2.24) is 0 Å². The highest BCUT2D eigenvalue weighted by molar-refractivity contribution is 5.51. The summed E-state index contributed by atoms with van der Waals surface area (Å²) in [6.45, 7) is 2.07. The number of rotatable bonds is 3. The first-order valence-electron chi connectivity index (χ1n) is 7.93. The number of fused-ring (bicyclic) bond motifs is 1. The van der Waals surface area contributed by atoms with E-state index in [4.69, 9.17) is 9.47 Å². The van der Waals surface area contributed by atoms with Crippen LogP contribution in [0.4, 0.5) is 0 Å². The van der Waals surface area contributed by atoms with Crippen LogP contribution in [0.25, 0.3) is 0 Å². The molecule has 3 heteroatoms. The van der Waals surface area contributed by atoms with Crippen molar-refractivity contribution in [3.05, 3.63) is 34.9 Å². The number of aliphatic hydroxyl groups is 1. The van der Waals surface area contributed by atoms with Gasteiger partial charge in [-0.2, -0.15) is 0 Å². The smallest absolute Gasteiger partial charge is 0.125 e. The summed E-state index contributed by atoms with van der Waals surface area (Å²) in [5, 5.41) is 10.8. The average molecular weight is 288 g/mol. The van der Waals surface area contributed by atoms with Gasteiger partial charge in [-0.3, -0.25) is 0 Å². The summed E-state index contributed by atoms with van der Waals surface area (Å²) < 4.78 is 11.3. The normalized spacial score (nSPS) is 22.8. The highest BCUT2D eigenvalue weighted by atomic mass is 16.5. The Morgan fingerprint density at radius 3 is 2.95 bits per heavy atom. The van der Waals surface area contributed by atoms with E-state index in [2.05, 4.69) is 13.0 Å². The Hall–Kier alpha value is -1.48. The van der Waals surface area contributed by atoms with Crippen LogP contribution in [-0.4, -0.2) is 18.3 Å². The van der Waals surface area contributed by atoms with Crippen LogP contribution in [-0.2, 0) is 6.42 Å². The molecule has 0 spiro atoms. The van der Waals surface area contributed by atoms with Crippen LogP contribution in [0.15, 0.2) is 23.8 Å². The van der Waals surface area contributed by atoms with E-state index in [-0.39, 0.29) is 6.10 Å². The molecule has 0 saturated heterocycles. The molecule has 2 atom stereocenters. The predicted molar refractivity (Wildman–Crippen MR) is 82.9 cm³/mol. The third-order valence-electron chi connectivity index (χ3n) is 4.47. The van der Waals surface area contributed by atoms with Crippen molar-refractivity contribution in [3.8, 4) is 11.5 Å². The van der Waals surface area contributed by atoms with Crippen LogP contribution >= 0.6 is 0 Å². The second kappa shape index (κ2) is 6.10. The maximum atomic E-state index is 10.8. The van der Waals surface area contributed by atoms with E-state index in [0.717, 1.165) is 48.3 Å². The highest BCUT2D eigenvalue weighted by Gasteiger charge is 2.25.